The van der Waals surface area contributed by atoms with Gasteiger partial charge in [-0.1, -0.05) is 103 Å². The zero-order chi connectivity index (χ0) is 29.0. The van der Waals surface area contributed by atoms with E-state index >= 15 is 0 Å². The highest BCUT2D eigenvalue weighted by molar-refractivity contribution is 5.75. The molecule has 0 saturated carbocycles. The van der Waals surface area contributed by atoms with Gasteiger partial charge in [-0.05, 0) is 47.7 Å². The zero-order valence-corrected chi connectivity index (χ0v) is 23.6. The van der Waals surface area contributed by atoms with Crippen LogP contribution in [0.5, 0.6) is 5.75 Å². The monoisotopic (exact) mass is 551 g/mol. The molecule has 0 fully saturated rings. The SMILES string of the molecule is COC(=O)[C@@H](CCC(=O)O)[C@@H](c1ccc(OCc2ccccc2)cc1)N(Cc1ccccc1)[C@H](C)c1ccccc1. The van der Waals surface area contributed by atoms with Gasteiger partial charge in [0, 0.05) is 25.0 Å². The van der Waals surface area contributed by atoms with Crippen LogP contribution in [0.2, 0.25) is 0 Å². The summed E-state index contributed by atoms with van der Waals surface area (Å²) in [6.45, 7) is 3.11. The van der Waals surface area contributed by atoms with Crippen LogP contribution in [0, 0.1) is 5.92 Å². The number of carbonyl (C=O) groups is 2. The number of esters is 1. The Morgan fingerprint density at radius 3 is 1.88 bits per heavy atom. The molecule has 0 aliphatic rings. The van der Waals surface area contributed by atoms with Gasteiger partial charge in [0.1, 0.15) is 12.4 Å². The standard InChI is InChI=1S/C35H37NO5/c1-26(29-16-10-5-11-17-29)36(24-27-12-6-3-7-13-27)34(32(35(39)40-2)22-23-33(37)38)30-18-20-31(21-19-30)41-25-28-14-8-4-9-15-28/h3-21,26,32,34H,22-25H2,1-2H3,(H,37,38)/t26-,32+,34-/m1/s1. The minimum Gasteiger partial charge on any atom is -0.489 e. The average molecular weight is 552 g/mol. The summed E-state index contributed by atoms with van der Waals surface area (Å²) < 4.78 is 11.3. The Bertz CT molecular complexity index is 1360. The van der Waals surface area contributed by atoms with Crippen molar-refractivity contribution in [3.63, 3.8) is 0 Å². The van der Waals surface area contributed by atoms with E-state index in [1.165, 1.54) is 7.11 Å². The number of rotatable bonds is 14. The summed E-state index contributed by atoms with van der Waals surface area (Å²) in [7, 11) is 1.36. The first-order valence-corrected chi connectivity index (χ1v) is 13.9. The summed E-state index contributed by atoms with van der Waals surface area (Å²) in [5.41, 5.74) is 4.14. The number of benzene rings is 4. The van der Waals surface area contributed by atoms with E-state index in [-0.39, 0.29) is 18.9 Å². The molecule has 0 unspecified atom stereocenters. The molecule has 1 N–H and O–H groups in total. The van der Waals surface area contributed by atoms with Gasteiger partial charge in [0.15, 0.2) is 0 Å². The summed E-state index contributed by atoms with van der Waals surface area (Å²) in [4.78, 5) is 27.2. The van der Waals surface area contributed by atoms with Crippen molar-refractivity contribution in [2.45, 2.75) is 45.0 Å². The van der Waals surface area contributed by atoms with Gasteiger partial charge < -0.3 is 14.6 Å². The predicted molar refractivity (Wildman–Crippen MR) is 159 cm³/mol. The first-order chi connectivity index (χ1) is 20.0. The van der Waals surface area contributed by atoms with Crippen molar-refractivity contribution in [2.75, 3.05) is 7.11 Å². The fourth-order valence-electron chi connectivity index (χ4n) is 5.19. The first-order valence-electron chi connectivity index (χ1n) is 13.9. The number of nitrogens with zero attached hydrogens (tertiary/aromatic N) is 1. The lowest BCUT2D eigenvalue weighted by molar-refractivity contribution is -0.150. The number of methoxy groups -OCH3 is 1. The quantitative estimate of drug-likeness (QED) is 0.167. The summed E-state index contributed by atoms with van der Waals surface area (Å²) in [5, 5.41) is 9.54. The van der Waals surface area contributed by atoms with Crippen molar-refractivity contribution in [3.8, 4) is 5.75 Å². The third-order valence-electron chi connectivity index (χ3n) is 7.37. The molecule has 4 rings (SSSR count). The van der Waals surface area contributed by atoms with E-state index < -0.39 is 23.9 Å². The van der Waals surface area contributed by atoms with Crippen LogP contribution in [0.1, 0.15) is 54.1 Å². The second-order valence-corrected chi connectivity index (χ2v) is 10.1. The molecule has 0 saturated heterocycles. The van der Waals surface area contributed by atoms with E-state index in [1.807, 2.05) is 91.0 Å². The molecular formula is C35H37NO5. The van der Waals surface area contributed by atoms with Crippen molar-refractivity contribution in [3.05, 3.63) is 138 Å². The maximum absolute atomic E-state index is 13.3. The van der Waals surface area contributed by atoms with Crippen LogP contribution in [0.25, 0.3) is 0 Å². The van der Waals surface area contributed by atoms with E-state index in [1.54, 1.807) is 0 Å². The largest absolute Gasteiger partial charge is 0.489 e. The smallest absolute Gasteiger partial charge is 0.310 e. The summed E-state index contributed by atoms with van der Waals surface area (Å²) in [5.74, 6) is -1.38. The molecule has 0 bridgehead atoms. The van der Waals surface area contributed by atoms with Gasteiger partial charge in [0.2, 0.25) is 0 Å². The number of hydrogen-bond donors (Lipinski definition) is 1. The van der Waals surface area contributed by atoms with Gasteiger partial charge in [0.25, 0.3) is 0 Å². The van der Waals surface area contributed by atoms with Crippen LogP contribution < -0.4 is 4.74 Å². The van der Waals surface area contributed by atoms with E-state index in [2.05, 4.69) is 36.1 Å². The molecule has 0 radical (unpaired) electrons. The lowest BCUT2D eigenvalue weighted by atomic mass is 9.86. The van der Waals surface area contributed by atoms with Gasteiger partial charge in [-0.25, -0.2) is 0 Å². The third-order valence-corrected chi connectivity index (χ3v) is 7.37. The van der Waals surface area contributed by atoms with Gasteiger partial charge in [0.05, 0.1) is 13.0 Å². The highest BCUT2D eigenvalue weighted by Crippen LogP contribution is 2.40. The molecule has 0 aromatic heterocycles. The Kier molecular flexibility index (Phi) is 10.7. The van der Waals surface area contributed by atoms with Crippen molar-refractivity contribution >= 4 is 11.9 Å². The van der Waals surface area contributed by atoms with Crippen LogP contribution in [0.4, 0.5) is 0 Å². The number of carbonyl (C=O) groups excluding carboxylic acids is 1. The number of hydrogen-bond acceptors (Lipinski definition) is 5. The lowest BCUT2D eigenvalue weighted by Gasteiger charge is -2.40. The predicted octanol–water partition coefficient (Wildman–Crippen LogP) is 7.22. The Morgan fingerprint density at radius 1 is 0.756 bits per heavy atom. The number of carboxylic acid groups (broad SMARTS) is 1. The highest BCUT2D eigenvalue weighted by Gasteiger charge is 2.37. The maximum Gasteiger partial charge on any atom is 0.310 e. The number of ether oxygens (including phenoxy) is 2. The second kappa shape index (κ2) is 14.8. The van der Waals surface area contributed by atoms with Crippen molar-refractivity contribution in [1.29, 1.82) is 0 Å². The molecule has 3 atom stereocenters. The molecule has 0 aliphatic heterocycles. The second-order valence-electron chi connectivity index (χ2n) is 10.1. The van der Waals surface area contributed by atoms with E-state index in [4.69, 9.17) is 9.47 Å². The minimum atomic E-state index is -0.951. The summed E-state index contributed by atoms with van der Waals surface area (Å²) in [6.07, 6.45) is -0.000830. The lowest BCUT2D eigenvalue weighted by Crippen LogP contribution is -2.39. The Labute approximate surface area is 242 Å². The molecule has 4 aromatic carbocycles. The molecule has 0 amide bonds. The van der Waals surface area contributed by atoms with Crippen LogP contribution in [-0.4, -0.2) is 29.1 Å². The van der Waals surface area contributed by atoms with Crippen molar-refractivity contribution in [1.82, 2.24) is 4.90 Å². The molecule has 212 valence electrons. The molecular weight excluding hydrogens is 514 g/mol. The fourth-order valence-corrected chi connectivity index (χ4v) is 5.19. The number of carboxylic acids is 1. The molecule has 0 heterocycles. The Hall–Kier alpha value is -4.42. The van der Waals surface area contributed by atoms with Crippen molar-refractivity contribution < 1.29 is 24.2 Å². The van der Waals surface area contributed by atoms with Gasteiger partial charge in [-0.2, -0.15) is 0 Å². The molecule has 41 heavy (non-hydrogen) atoms. The molecule has 0 spiro atoms. The maximum atomic E-state index is 13.3. The fraction of sp³-hybridized carbons (Fsp3) is 0.257. The van der Waals surface area contributed by atoms with Gasteiger partial charge in [-0.15, -0.1) is 0 Å². The average Bonchev–Trinajstić information content (AvgIpc) is 3.02. The summed E-state index contributed by atoms with van der Waals surface area (Å²) in [6, 6.07) is 37.4. The Morgan fingerprint density at radius 2 is 1.32 bits per heavy atom. The van der Waals surface area contributed by atoms with Crippen LogP contribution in [-0.2, 0) is 27.5 Å². The first kappa shape index (κ1) is 29.6. The van der Waals surface area contributed by atoms with Crippen LogP contribution in [0.15, 0.2) is 115 Å². The Balaban J connectivity index is 1.75. The van der Waals surface area contributed by atoms with E-state index in [9.17, 15) is 14.7 Å². The summed E-state index contributed by atoms with van der Waals surface area (Å²) >= 11 is 0. The van der Waals surface area contributed by atoms with Crippen LogP contribution in [0.3, 0.4) is 0 Å². The third kappa shape index (κ3) is 8.29. The normalized spacial score (nSPS) is 13.2. The topological polar surface area (TPSA) is 76.1 Å². The van der Waals surface area contributed by atoms with E-state index in [0.717, 1.165) is 22.3 Å². The minimum absolute atomic E-state index is 0.0904. The molecule has 4 aromatic rings. The van der Waals surface area contributed by atoms with Crippen LogP contribution >= 0.6 is 0 Å². The molecule has 6 nitrogen and oxygen atoms in total. The number of aliphatic carboxylic acids is 1. The van der Waals surface area contributed by atoms with Gasteiger partial charge in [-0.3, -0.25) is 14.5 Å². The molecule has 0 aliphatic carbocycles. The van der Waals surface area contributed by atoms with Gasteiger partial charge >= 0.3 is 11.9 Å². The highest BCUT2D eigenvalue weighted by atomic mass is 16.5. The molecule has 6 heteroatoms. The zero-order valence-electron chi connectivity index (χ0n) is 23.6. The van der Waals surface area contributed by atoms with Crippen molar-refractivity contribution in [2.24, 2.45) is 5.92 Å². The van der Waals surface area contributed by atoms with E-state index in [0.29, 0.717) is 18.9 Å².